The number of rotatable bonds is 7. The molecule has 4 aromatic rings. The van der Waals surface area contributed by atoms with Crippen molar-refractivity contribution < 1.29 is 13.5 Å². The van der Waals surface area contributed by atoms with Crippen molar-refractivity contribution in [2.75, 3.05) is 4.72 Å². The monoisotopic (exact) mass is 420 g/mol. The number of anilines is 1. The molecule has 0 radical (unpaired) electrons. The van der Waals surface area contributed by atoms with Crippen molar-refractivity contribution in [2.45, 2.75) is 25.6 Å². The second kappa shape index (κ2) is 8.24. The van der Waals surface area contributed by atoms with E-state index in [4.69, 9.17) is 0 Å². The van der Waals surface area contributed by atoms with Crippen molar-refractivity contribution in [1.29, 1.82) is 0 Å². The third-order valence-electron chi connectivity index (χ3n) is 5.13. The van der Waals surface area contributed by atoms with E-state index in [2.05, 4.69) is 9.29 Å². The van der Waals surface area contributed by atoms with Crippen LogP contribution in [0, 0.1) is 0 Å². The topological polar surface area (TPSA) is 71.3 Å². The molecule has 0 aliphatic heterocycles. The predicted molar refractivity (Wildman–Crippen MR) is 121 cm³/mol. The number of fused-ring (bicyclic) bond motifs is 1. The molecule has 0 spiro atoms. The van der Waals surface area contributed by atoms with Crippen molar-refractivity contribution in [3.8, 4) is 5.75 Å². The zero-order valence-corrected chi connectivity index (χ0v) is 17.6. The Kier molecular flexibility index (Phi) is 5.50. The summed E-state index contributed by atoms with van der Waals surface area (Å²) in [4.78, 5) is 0. The van der Waals surface area contributed by atoms with E-state index in [1.165, 1.54) is 0 Å². The van der Waals surface area contributed by atoms with E-state index >= 15 is 0 Å². The summed E-state index contributed by atoms with van der Waals surface area (Å²) in [5.74, 6) is -0.00762. The van der Waals surface area contributed by atoms with Gasteiger partial charge in [-0.15, -0.1) is 0 Å². The normalized spacial score (nSPS) is 11.6. The van der Waals surface area contributed by atoms with Crippen molar-refractivity contribution >= 4 is 26.6 Å². The molecule has 0 atom stereocenters. The van der Waals surface area contributed by atoms with Crippen LogP contribution < -0.4 is 4.72 Å². The number of hydrogen-bond acceptors (Lipinski definition) is 3. The molecule has 154 valence electrons. The first-order chi connectivity index (χ1) is 14.5. The molecule has 3 aromatic carbocycles. The van der Waals surface area contributed by atoms with Crippen LogP contribution in [0.4, 0.5) is 5.69 Å². The molecular weight excluding hydrogens is 396 g/mol. The fraction of sp³-hybridized carbons (Fsp3) is 0.167. The van der Waals surface area contributed by atoms with Gasteiger partial charge in [0.25, 0.3) is 0 Å². The van der Waals surface area contributed by atoms with Gasteiger partial charge in [-0.25, -0.2) is 8.42 Å². The zero-order valence-electron chi connectivity index (χ0n) is 16.7. The van der Waals surface area contributed by atoms with Gasteiger partial charge in [0.15, 0.2) is 0 Å². The highest BCUT2D eigenvalue weighted by molar-refractivity contribution is 7.91. The van der Waals surface area contributed by atoms with Gasteiger partial charge in [-0.3, -0.25) is 4.72 Å². The molecule has 0 saturated carbocycles. The average Bonchev–Trinajstić information content (AvgIpc) is 3.00. The Hall–Kier alpha value is -3.25. The first-order valence-corrected chi connectivity index (χ1v) is 11.5. The van der Waals surface area contributed by atoms with E-state index in [0.717, 1.165) is 22.3 Å². The van der Waals surface area contributed by atoms with Crippen LogP contribution in [-0.4, -0.2) is 18.1 Å². The summed E-state index contributed by atoms with van der Waals surface area (Å²) < 4.78 is 30.8. The second-order valence-electron chi connectivity index (χ2n) is 7.30. The molecule has 0 aliphatic rings. The van der Waals surface area contributed by atoms with Gasteiger partial charge in [0, 0.05) is 17.6 Å². The Morgan fingerprint density at radius 1 is 0.900 bits per heavy atom. The van der Waals surface area contributed by atoms with Gasteiger partial charge in [-0.2, -0.15) is 0 Å². The molecule has 0 saturated heterocycles. The molecule has 4 rings (SSSR count). The predicted octanol–water partition coefficient (Wildman–Crippen LogP) is 4.90. The van der Waals surface area contributed by atoms with Crippen LogP contribution in [0.3, 0.4) is 0 Å². The maximum Gasteiger partial charge on any atom is 0.236 e. The lowest BCUT2D eigenvalue weighted by Gasteiger charge is -2.12. The Labute approximate surface area is 176 Å². The van der Waals surface area contributed by atoms with Crippen LogP contribution in [0.2, 0.25) is 0 Å². The van der Waals surface area contributed by atoms with E-state index in [1.54, 1.807) is 24.3 Å². The van der Waals surface area contributed by atoms with Crippen molar-refractivity contribution in [1.82, 2.24) is 4.57 Å². The highest BCUT2D eigenvalue weighted by Gasteiger charge is 2.21. The third kappa shape index (κ3) is 4.19. The largest absolute Gasteiger partial charge is 0.508 e. The lowest BCUT2D eigenvalue weighted by Crippen LogP contribution is -2.16. The molecule has 1 aromatic heterocycles. The number of nitrogens with zero attached hydrogens (tertiary/aromatic N) is 1. The van der Waals surface area contributed by atoms with Crippen LogP contribution in [0.25, 0.3) is 10.9 Å². The van der Waals surface area contributed by atoms with Gasteiger partial charge in [-0.1, -0.05) is 67.6 Å². The van der Waals surface area contributed by atoms with Gasteiger partial charge in [0.2, 0.25) is 10.0 Å². The molecule has 0 bridgehead atoms. The molecule has 0 aliphatic carbocycles. The summed E-state index contributed by atoms with van der Waals surface area (Å²) in [6.45, 7) is 2.62. The summed E-state index contributed by atoms with van der Waals surface area (Å²) in [5, 5.41) is 10.8. The molecule has 0 fully saturated rings. The fourth-order valence-electron chi connectivity index (χ4n) is 3.81. The van der Waals surface area contributed by atoms with E-state index in [0.29, 0.717) is 24.0 Å². The van der Waals surface area contributed by atoms with Crippen LogP contribution in [0.15, 0.2) is 78.9 Å². The van der Waals surface area contributed by atoms with E-state index in [9.17, 15) is 13.5 Å². The molecule has 0 amide bonds. The van der Waals surface area contributed by atoms with Gasteiger partial charge < -0.3 is 9.67 Å². The van der Waals surface area contributed by atoms with Crippen LogP contribution in [0.1, 0.15) is 23.7 Å². The molecule has 5 nitrogen and oxygen atoms in total. The summed E-state index contributed by atoms with van der Waals surface area (Å²) in [7, 11) is -3.63. The van der Waals surface area contributed by atoms with Gasteiger partial charge >= 0.3 is 0 Å². The minimum absolute atomic E-state index is 0.102. The molecule has 6 heteroatoms. The Balaban J connectivity index is 1.79. The van der Waals surface area contributed by atoms with E-state index in [-0.39, 0.29) is 11.5 Å². The van der Waals surface area contributed by atoms with Gasteiger partial charge in [-0.05, 0) is 35.7 Å². The Bertz CT molecular complexity index is 1260. The van der Waals surface area contributed by atoms with Gasteiger partial charge in [0.1, 0.15) is 5.75 Å². The number of sulfonamides is 1. The quantitative estimate of drug-likeness (QED) is 0.447. The molecule has 2 N–H and O–H groups in total. The number of nitrogens with one attached hydrogen (secondary N) is 1. The molecule has 0 unspecified atom stereocenters. The summed E-state index contributed by atoms with van der Waals surface area (Å²) in [6, 6.07) is 24.2. The van der Waals surface area contributed by atoms with E-state index < -0.39 is 10.0 Å². The second-order valence-corrected chi connectivity index (χ2v) is 9.02. The van der Waals surface area contributed by atoms with Gasteiger partial charge in [0.05, 0.1) is 17.0 Å². The minimum atomic E-state index is -3.63. The first kappa shape index (κ1) is 20.0. The number of hydrogen-bond donors (Lipinski definition) is 2. The number of aromatic nitrogens is 1. The number of phenols is 1. The lowest BCUT2D eigenvalue weighted by atomic mass is 10.2. The Morgan fingerprint density at radius 3 is 2.17 bits per heavy atom. The van der Waals surface area contributed by atoms with Crippen LogP contribution in [0.5, 0.6) is 5.75 Å². The summed E-state index contributed by atoms with van der Waals surface area (Å²) in [5.41, 5.74) is 4.15. The first-order valence-electron chi connectivity index (χ1n) is 9.89. The molecule has 1 heterocycles. The van der Waals surface area contributed by atoms with Crippen LogP contribution >= 0.6 is 0 Å². The van der Waals surface area contributed by atoms with Crippen molar-refractivity contribution in [3.05, 3.63) is 95.7 Å². The third-order valence-corrected chi connectivity index (χ3v) is 6.36. The maximum absolute atomic E-state index is 13.0. The number of benzene rings is 3. The highest BCUT2D eigenvalue weighted by Crippen LogP contribution is 2.35. The smallest absolute Gasteiger partial charge is 0.236 e. The lowest BCUT2D eigenvalue weighted by molar-refractivity contribution is 0.476. The van der Waals surface area contributed by atoms with Crippen molar-refractivity contribution in [2.24, 2.45) is 0 Å². The highest BCUT2D eigenvalue weighted by atomic mass is 32.2. The fourth-order valence-corrected chi connectivity index (χ4v) is 5.05. The number of aromatic hydroxyl groups is 1. The maximum atomic E-state index is 13.0. The SMILES string of the molecule is CCc1c(NS(=O)(=O)Cc2ccccc2)c2cc(O)ccc2n1Cc1ccccc1. The van der Waals surface area contributed by atoms with Crippen molar-refractivity contribution in [3.63, 3.8) is 0 Å². The van der Waals surface area contributed by atoms with Crippen LogP contribution in [-0.2, 0) is 28.7 Å². The zero-order chi connectivity index (χ0) is 21.1. The minimum Gasteiger partial charge on any atom is -0.508 e. The average molecular weight is 421 g/mol. The molecule has 30 heavy (non-hydrogen) atoms. The standard InChI is InChI=1S/C24H24N2O3S/c1-2-22-24(25-30(28,29)17-19-11-7-4-8-12-19)21-15-20(27)13-14-23(21)26(22)16-18-9-5-3-6-10-18/h3-15,25,27H,2,16-17H2,1H3. The van der Waals surface area contributed by atoms with E-state index in [1.807, 2.05) is 61.5 Å². The molecular formula is C24H24N2O3S. The Morgan fingerprint density at radius 2 is 1.53 bits per heavy atom. The summed E-state index contributed by atoms with van der Waals surface area (Å²) in [6.07, 6.45) is 0.644. The summed E-state index contributed by atoms with van der Waals surface area (Å²) >= 11 is 0. The number of phenolic OH excluding ortho intramolecular Hbond substituents is 1.